The number of nitrogens with two attached hydrogens (primary N) is 1. The Bertz CT molecular complexity index is 1220. The molecule has 1 aliphatic carbocycles. The highest BCUT2D eigenvalue weighted by Gasteiger charge is 2.25. The van der Waals surface area contributed by atoms with Crippen molar-refractivity contribution < 1.29 is 9.47 Å². The largest absolute Gasteiger partial charge is 0.493 e. The van der Waals surface area contributed by atoms with Crippen LogP contribution in [0.3, 0.4) is 0 Å². The molecule has 0 amide bonds. The molecule has 0 bridgehead atoms. The highest BCUT2D eigenvalue weighted by Crippen LogP contribution is 2.33. The zero-order valence-corrected chi connectivity index (χ0v) is 21.0. The summed E-state index contributed by atoms with van der Waals surface area (Å²) in [7, 11) is 3.25. The number of nitrogens with zero attached hydrogens (tertiary/aromatic N) is 5. The minimum atomic E-state index is 0.244. The number of methoxy groups -OCH3 is 2. The number of aromatic nitrogens is 3. The number of hydrogen-bond acceptors (Lipinski definition) is 8. The van der Waals surface area contributed by atoms with Crippen molar-refractivity contribution in [2.75, 3.05) is 51.0 Å². The van der Waals surface area contributed by atoms with Crippen molar-refractivity contribution in [1.29, 1.82) is 0 Å². The van der Waals surface area contributed by atoms with E-state index in [1.54, 1.807) is 14.2 Å². The van der Waals surface area contributed by atoms with Crippen LogP contribution in [0.2, 0.25) is 0 Å². The van der Waals surface area contributed by atoms with Gasteiger partial charge in [0.15, 0.2) is 22.4 Å². The molecule has 1 saturated carbocycles. The average Bonchev–Trinajstić information content (AvgIpc) is 3.40. The maximum Gasteiger partial charge on any atom is 0.222 e. The summed E-state index contributed by atoms with van der Waals surface area (Å²) in [5.41, 5.74) is 9.23. The molecule has 2 fully saturated rings. The third-order valence-electron chi connectivity index (χ3n) is 6.77. The smallest absolute Gasteiger partial charge is 0.222 e. The van der Waals surface area contributed by atoms with Gasteiger partial charge < -0.3 is 30.3 Å². The third kappa shape index (κ3) is 4.88. The van der Waals surface area contributed by atoms with Crippen LogP contribution >= 0.6 is 12.2 Å². The van der Waals surface area contributed by atoms with Crippen LogP contribution in [0.4, 0.5) is 11.8 Å². The van der Waals surface area contributed by atoms with Crippen molar-refractivity contribution in [2.24, 2.45) is 0 Å². The standard InChI is InChI=1S/C25H31N7O2S/c1-33-20-10-7-16(15-21(20)34-2)18-8-9-19-22(28-18)23(30-24(26)29-19)31-11-13-32(14-12-31)25(35)27-17-5-3-4-6-17/h7-10,15,17H,3-6,11-14H2,1-2H3,(H,27,35)(H2,26,29,30). The highest BCUT2D eigenvalue weighted by molar-refractivity contribution is 7.80. The molecule has 5 rings (SSSR count). The van der Waals surface area contributed by atoms with Crippen LogP contribution in [0.15, 0.2) is 30.3 Å². The fourth-order valence-electron chi connectivity index (χ4n) is 4.85. The second-order valence-corrected chi connectivity index (χ2v) is 9.33. The first-order valence-electron chi connectivity index (χ1n) is 12.0. The topological polar surface area (TPSA) is 102 Å². The SMILES string of the molecule is COc1ccc(-c2ccc3nc(N)nc(N4CCN(C(=S)NC5CCCC5)CC4)c3n2)cc1OC. The zero-order valence-electron chi connectivity index (χ0n) is 20.2. The average molecular weight is 494 g/mol. The van der Waals surface area contributed by atoms with Crippen molar-refractivity contribution >= 4 is 40.1 Å². The summed E-state index contributed by atoms with van der Waals surface area (Å²) in [4.78, 5) is 18.4. The lowest BCUT2D eigenvalue weighted by Crippen LogP contribution is -2.53. The van der Waals surface area contributed by atoms with Gasteiger partial charge in [0.05, 0.1) is 25.4 Å². The van der Waals surface area contributed by atoms with Crippen LogP contribution in [0.25, 0.3) is 22.3 Å². The maximum atomic E-state index is 6.07. The predicted molar refractivity (Wildman–Crippen MR) is 142 cm³/mol. The third-order valence-corrected chi connectivity index (χ3v) is 7.15. The van der Waals surface area contributed by atoms with Gasteiger partial charge in [-0.3, -0.25) is 0 Å². The van der Waals surface area contributed by atoms with E-state index in [0.29, 0.717) is 17.5 Å². The number of nitrogen functional groups attached to an aromatic ring is 1. The number of pyridine rings is 1. The van der Waals surface area contributed by atoms with E-state index < -0.39 is 0 Å². The van der Waals surface area contributed by atoms with Gasteiger partial charge >= 0.3 is 0 Å². The van der Waals surface area contributed by atoms with Crippen molar-refractivity contribution in [3.05, 3.63) is 30.3 Å². The number of benzene rings is 1. The van der Waals surface area contributed by atoms with Crippen molar-refractivity contribution in [3.8, 4) is 22.8 Å². The Morgan fingerprint density at radius 2 is 1.71 bits per heavy atom. The molecule has 3 N–H and O–H groups in total. The molecule has 9 nitrogen and oxygen atoms in total. The van der Waals surface area contributed by atoms with Crippen LogP contribution < -0.4 is 25.4 Å². The van der Waals surface area contributed by atoms with E-state index in [-0.39, 0.29) is 5.95 Å². The molecule has 1 saturated heterocycles. The fourth-order valence-corrected chi connectivity index (χ4v) is 5.20. The van der Waals surface area contributed by atoms with Crippen LogP contribution in [0, 0.1) is 0 Å². The molecule has 2 aliphatic rings. The van der Waals surface area contributed by atoms with Gasteiger partial charge in [0.25, 0.3) is 0 Å². The van der Waals surface area contributed by atoms with Gasteiger partial charge in [0, 0.05) is 37.8 Å². The molecule has 1 aliphatic heterocycles. The van der Waals surface area contributed by atoms with Gasteiger partial charge in [-0.25, -0.2) is 9.97 Å². The van der Waals surface area contributed by atoms with Crippen LogP contribution in [-0.4, -0.2) is 71.4 Å². The molecule has 0 atom stereocenters. The van der Waals surface area contributed by atoms with Gasteiger partial charge in [0.2, 0.25) is 5.95 Å². The first-order valence-corrected chi connectivity index (χ1v) is 12.4. The molecule has 35 heavy (non-hydrogen) atoms. The second kappa shape index (κ2) is 10.1. The van der Waals surface area contributed by atoms with E-state index in [2.05, 4.69) is 25.1 Å². The minimum Gasteiger partial charge on any atom is -0.493 e. The van der Waals surface area contributed by atoms with Gasteiger partial charge in [-0.2, -0.15) is 4.98 Å². The van der Waals surface area contributed by atoms with E-state index in [4.69, 9.17) is 32.4 Å². The molecule has 3 heterocycles. The number of nitrogens with one attached hydrogen (secondary N) is 1. The monoisotopic (exact) mass is 493 g/mol. The lowest BCUT2D eigenvalue weighted by Gasteiger charge is -2.37. The van der Waals surface area contributed by atoms with E-state index in [0.717, 1.165) is 59.4 Å². The van der Waals surface area contributed by atoms with Crippen LogP contribution in [0.5, 0.6) is 11.5 Å². The van der Waals surface area contributed by atoms with Crippen molar-refractivity contribution in [1.82, 2.24) is 25.2 Å². The molecule has 184 valence electrons. The number of ether oxygens (including phenoxy) is 2. The molecule has 2 aromatic heterocycles. The van der Waals surface area contributed by atoms with E-state index in [1.807, 2.05) is 30.3 Å². The Morgan fingerprint density at radius 1 is 0.971 bits per heavy atom. The van der Waals surface area contributed by atoms with Crippen molar-refractivity contribution in [2.45, 2.75) is 31.7 Å². The summed E-state index contributed by atoms with van der Waals surface area (Å²) in [5, 5.41) is 4.41. The molecular formula is C25H31N7O2S. The summed E-state index contributed by atoms with van der Waals surface area (Å²) < 4.78 is 10.8. The lowest BCUT2D eigenvalue weighted by atomic mass is 10.1. The van der Waals surface area contributed by atoms with Crippen LogP contribution in [0.1, 0.15) is 25.7 Å². The Balaban J connectivity index is 1.39. The Kier molecular flexibility index (Phi) is 6.72. The summed E-state index contributed by atoms with van der Waals surface area (Å²) in [6, 6.07) is 10.1. The van der Waals surface area contributed by atoms with Gasteiger partial charge in [-0.05, 0) is 55.4 Å². The maximum absolute atomic E-state index is 6.07. The van der Waals surface area contributed by atoms with Gasteiger partial charge in [0.1, 0.15) is 5.52 Å². The first kappa shape index (κ1) is 23.3. The first-order chi connectivity index (χ1) is 17.1. The molecule has 1 aromatic carbocycles. The summed E-state index contributed by atoms with van der Waals surface area (Å²) in [6.45, 7) is 3.19. The predicted octanol–water partition coefficient (Wildman–Crippen LogP) is 3.23. The van der Waals surface area contributed by atoms with E-state index in [1.165, 1.54) is 25.7 Å². The number of thiocarbonyl (C=S) groups is 1. The molecule has 3 aromatic rings. The van der Waals surface area contributed by atoms with Crippen LogP contribution in [-0.2, 0) is 0 Å². The number of rotatable bonds is 5. The van der Waals surface area contributed by atoms with E-state index in [9.17, 15) is 0 Å². The van der Waals surface area contributed by atoms with Gasteiger partial charge in [-0.1, -0.05) is 12.8 Å². The van der Waals surface area contributed by atoms with Gasteiger partial charge in [-0.15, -0.1) is 0 Å². The number of hydrogen-bond donors (Lipinski definition) is 2. The number of fused-ring (bicyclic) bond motifs is 1. The molecule has 0 radical (unpaired) electrons. The Hall–Kier alpha value is -3.40. The molecule has 0 unspecified atom stereocenters. The summed E-state index contributed by atoms with van der Waals surface area (Å²) >= 11 is 5.69. The molecule has 0 spiro atoms. The number of piperazine rings is 1. The Morgan fingerprint density at radius 3 is 2.43 bits per heavy atom. The quantitative estimate of drug-likeness (QED) is 0.515. The minimum absolute atomic E-state index is 0.244. The number of anilines is 2. The molecular weight excluding hydrogens is 462 g/mol. The summed E-state index contributed by atoms with van der Waals surface area (Å²) in [6.07, 6.45) is 4.99. The zero-order chi connectivity index (χ0) is 24.4. The Labute approximate surface area is 210 Å². The highest BCUT2D eigenvalue weighted by atomic mass is 32.1. The summed E-state index contributed by atoms with van der Waals surface area (Å²) in [5.74, 6) is 2.32. The normalized spacial score (nSPS) is 16.5. The second-order valence-electron chi connectivity index (χ2n) is 8.94. The van der Waals surface area contributed by atoms with E-state index >= 15 is 0 Å². The fraction of sp³-hybridized carbons (Fsp3) is 0.440. The lowest BCUT2D eigenvalue weighted by molar-refractivity contribution is 0.355. The molecule has 10 heteroatoms. The van der Waals surface area contributed by atoms with Crippen molar-refractivity contribution in [3.63, 3.8) is 0 Å².